The number of pyridine rings is 4. The number of furan rings is 4. The summed E-state index contributed by atoms with van der Waals surface area (Å²) < 4.78 is 90.5. The zero-order chi connectivity index (χ0) is 105. The van der Waals surface area contributed by atoms with Crippen molar-refractivity contribution >= 4 is 134 Å². The number of fused-ring (bicyclic) bond motifs is 12. The summed E-state index contributed by atoms with van der Waals surface area (Å²) >= 11 is 12.6. The van der Waals surface area contributed by atoms with Crippen molar-refractivity contribution in [1.82, 2.24) is 44.4 Å². The lowest BCUT2D eigenvalue weighted by Crippen LogP contribution is -2.46. The van der Waals surface area contributed by atoms with Gasteiger partial charge in [0.1, 0.15) is 111 Å². The maximum atomic E-state index is 15.1. The fourth-order valence-corrected chi connectivity index (χ4v) is 21.6. The number of phenolic OH excluding ortho intramolecular Hbond substituents is 4. The molecule has 4 atom stereocenters. The van der Waals surface area contributed by atoms with E-state index in [4.69, 9.17) is 59.8 Å². The van der Waals surface area contributed by atoms with Crippen molar-refractivity contribution in [2.75, 3.05) is 79.1 Å². The SMILES string of the molecule is CC(C)(C)COc1cc(C(c2c(O)c3ccccc3c3occ(C(=O)O)c23)N2CCCCC2)ccn1.CC(C)Oc1cc(C(c2c(O)c3cc(F)c(F)cc3c3occ(C(=O)O)c23)N2CCCCC2)ccn1.Cc1c(Cl)cc(COc2cc(C(c3c(O)c4ccccc4c4occ(C(=O)O)c34)N3CCN(C)CC3)ccn2)cc1Cl.O=C(O)c1coc2c1c(C(c1ccnc(OC3CC3)c1)N1CCCCC1)c(O)c1c(F)cccc12. The predicted octanol–water partition coefficient (Wildman–Crippen LogP) is 25.0. The molecule has 9 aromatic carbocycles. The Balaban J connectivity index is 0.000000125. The molecule has 1 aliphatic carbocycles. The number of aromatic nitrogens is 4. The maximum Gasteiger partial charge on any atom is 0.339 e. The number of hydrogen-bond donors (Lipinski definition) is 8. The molecule has 0 spiro atoms. The summed E-state index contributed by atoms with van der Waals surface area (Å²) in [6.45, 7) is 20.2. The van der Waals surface area contributed by atoms with E-state index >= 15 is 4.39 Å². The summed E-state index contributed by atoms with van der Waals surface area (Å²) in [7, 11) is 2.07. The molecule has 34 heteroatoms. The monoisotopic (exact) mass is 2070 g/mol. The Hall–Kier alpha value is -14.8. The molecule has 149 heavy (non-hydrogen) atoms. The van der Waals surface area contributed by atoms with Crippen molar-refractivity contribution in [3.05, 3.63) is 295 Å². The van der Waals surface area contributed by atoms with E-state index in [1.807, 2.05) is 118 Å². The summed E-state index contributed by atoms with van der Waals surface area (Å²) in [5.74, 6) is -6.24. The number of ether oxygens (including phenoxy) is 4. The van der Waals surface area contributed by atoms with Crippen molar-refractivity contribution in [3.8, 4) is 46.5 Å². The molecule has 4 aliphatic heterocycles. The highest BCUT2D eigenvalue weighted by atomic mass is 35.5. The molecule has 22 rings (SSSR count). The minimum atomic E-state index is -1.26. The molecule has 8 aromatic heterocycles. The summed E-state index contributed by atoms with van der Waals surface area (Å²) in [6.07, 6.45) is 22.6. The van der Waals surface area contributed by atoms with Gasteiger partial charge in [-0.25, -0.2) is 52.3 Å². The number of carbonyl (C=O) groups is 4. The molecule has 0 radical (unpaired) electrons. The second-order valence-corrected chi connectivity index (χ2v) is 40.8. The lowest BCUT2D eigenvalue weighted by molar-refractivity contribution is 0.0686. The van der Waals surface area contributed by atoms with Crippen LogP contribution < -0.4 is 18.9 Å². The van der Waals surface area contributed by atoms with Crippen LogP contribution in [0.4, 0.5) is 13.2 Å². The third kappa shape index (κ3) is 21.2. The van der Waals surface area contributed by atoms with Gasteiger partial charge >= 0.3 is 23.9 Å². The van der Waals surface area contributed by atoms with Crippen LogP contribution in [-0.4, -0.2) is 200 Å². The molecular formula is C115H112Cl2F3N9O20. The van der Waals surface area contributed by atoms with E-state index in [2.05, 4.69) is 72.3 Å². The zero-order valence-corrected chi connectivity index (χ0v) is 84.5. The second-order valence-electron chi connectivity index (χ2n) is 40.0. The fourth-order valence-electron chi connectivity index (χ4n) is 21.0. The van der Waals surface area contributed by atoms with Crippen molar-refractivity contribution in [3.63, 3.8) is 0 Å². The molecule has 0 amide bonds. The molecule has 1 saturated carbocycles. The van der Waals surface area contributed by atoms with Crippen molar-refractivity contribution in [1.29, 1.82) is 0 Å². The molecule has 29 nitrogen and oxygen atoms in total. The molecule has 772 valence electrons. The Kier molecular flexibility index (Phi) is 30.1. The van der Waals surface area contributed by atoms with Crippen LogP contribution in [0.15, 0.2) is 207 Å². The average molecular weight is 2070 g/mol. The largest absolute Gasteiger partial charge is 0.507 e. The first-order valence-electron chi connectivity index (χ1n) is 49.9. The number of carboxylic acids is 4. The van der Waals surface area contributed by atoms with Gasteiger partial charge in [-0.2, -0.15) is 0 Å². The number of likely N-dealkylation sites (N-methyl/N-ethyl adjacent to an activating group) is 1. The number of nitrogens with zero attached hydrogens (tertiary/aromatic N) is 9. The number of piperazine rings is 1. The summed E-state index contributed by atoms with van der Waals surface area (Å²) in [6, 6.07) is 37.3. The Morgan fingerprint density at radius 3 is 1.16 bits per heavy atom. The third-order valence-corrected chi connectivity index (χ3v) is 29.0. The normalized spacial score (nSPS) is 16.1. The summed E-state index contributed by atoms with van der Waals surface area (Å²) in [4.78, 5) is 77.7. The van der Waals surface area contributed by atoms with Crippen molar-refractivity contribution in [2.24, 2.45) is 5.41 Å². The first-order valence-corrected chi connectivity index (χ1v) is 50.6. The highest BCUT2D eigenvalue weighted by Gasteiger charge is 2.41. The maximum absolute atomic E-state index is 15.1. The van der Waals surface area contributed by atoms with Crippen molar-refractivity contribution < 1.29 is 110 Å². The molecule has 5 fully saturated rings. The number of hydrogen-bond acceptors (Lipinski definition) is 25. The molecule has 17 aromatic rings. The molecule has 4 saturated heterocycles. The minimum Gasteiger partial charge on any atom is -0.507 e. The number of rotatable bonds is 25. The number of halogens is 5. The highest BCUT2D eigenvalue weighted by molar-refractivity contribution is 6.36. The zero-order valence-electron chi connectivity index (χ0n) is 83.0. The van der Waals surface area contributed by atoms with Gasteiger partial charge < -0.3 is 82.4 Å². The molecule has 12 heterocycles. The molecule has 8 N–H and O–H groups in total. The van der Waals surface area contributed by atoms with Gasteiger partial charge in [0.2, 0.25) is 23.5 Å². The number of piperidine rings is 3. The Labute approximate surface area is 864 Å². The molecule has 0 bridgehead atoms. The van der Waals surface area contributed by atoms with Gasteiger partial charge in [0.15, 0.2) is 11.6 Å². The third-order valence-electron chi connectivity index (χ3n) is 28.2. The highest BCUT2D eigenvalue weighted by Crippen LogP contribution is 2.54. The number of phenols is 4. The Bertz CT molecular complexity index is 7950. The van der Waals surface area contributed by atoms with Gasteiger partial charge in [-0.1, -0.05) is 124 Å². The van der Waals surface area contributed by atoms with E-state index in [1.165, 1.54) is 30.9 Å². The van der Waals surface area contributed by atoms with Crippen LogP contribution in [0.1, 0.15) is 226 Å². The molecular weight excluding hydrogens is 1960 g/mol. The van der Waals surface area contributed by atoms with Crippen molar-refractivity contribution in [2.45, 2.75) is 155 Å². The standard InChI is InChI=1S/C32H29Cl2N3O5.C29H32N2O5.C27H26F2N2O5.C27H25FN2O5/c1-18-24(33)13-19(14-25(18)34)16-41-26-15-20(7-8-35-26)29(37-11-9-36(2)10-12-37)28-27-23(32(39)40)17-42-31(27)22-6-4-3-5-21(22)30(28)38;1-29(2,3)17-36-22-15-18(11-12-30-22)25(31-13-7-4-8-14-31)24-23-21(28(33)34)16-35-27(23)20-10-6-5-9-19(20)26(24)32;1-14(2)36-21-10-15(6-7-30-21)24(31-8-4-3-5-9-31)23-22-18(27(33)34)13-35-26(22)17-12-20(29)19(28)11-16(17)25(23)32;28-19-6-4-5-17-21(19)25(31)23(22-18(27(32)33)14-34-26(17)22)24(30-11-2-1-3-12-30)15-9-10-29-20(13-15)35-16-7-8-16/h3-8,13-15,17,29,38H,9-12,16H2,1-2H3,(H,39,40);5-6,9-12,15-16,25,32H,4,7-8,13-14,17H2,1-3H3,(H,33,34);6-7,10-14,24,32H,3-5,8-9H2,1-2H3,(H,33,34);4-6,9-10,13-14,16,24,31H,1-3,7-8,11-12H2,(H,32,33). The van der Waals surface area contributed by atoms with E-state index in [1.54, 1.807) is 43.0 Å². The topological polar surface area (TPSA) is 387 Å². The first-order chi connectivity index (χ1) is 71.7. The van der Waals surface area contributed by atoms with Crippen LogP contribution in [-0.2, 0) is 6.61 Å². The van der Waals surface area contributed by atoms with E-state index in [-0.39, 0.29) is 113 Å². The number of aromatic hydroxyl groups is 4. The van der Waals surface area contributed by atoms with Gasteiger partial charge in [-0.3, -0.25) is 19.6 Å². The molecule has 5 aliphatic rings. The predicted molar refractivity (Wildman–Crippen MR) is 559 cm³/mol. The van der Waals surface area contributed by atoms with E-state index < -0.39 is 65.5 Å². The lowest BCUT2D eigenvalue weighted by atomic mass is 9.88. The Morgan fingerprint density at radius 1 is 0.403 bits per heavy atom. The van der Waals surface area contributed by atoms with Gasteiger partial charge in [-0.15, -0.1) is 0 Å². The van der Waals surface area contributed by atoms with Crippen LogP contribution in [0.3, 0.4) is 0 Å². The van der Waals surface area contributed by atoms with E-state index in [0.29, 0.717) is 132 Å². The van der Waals surface area contributed by atoms with Gasteiger partial charge in [0.05, 0.1) is 42.3 Å². The van der Waals surface area contributed by atoms with Gasteiger partial charge in [-0.05, 0) is 212 Å². The minimum absolute atomic E-state index is 0.00108. The van der Waals surface area contributed by atoms with Crippen LogP contribution in [0, 0.1) is 29.8 Å². The van der Waals surface area contributed by atoms with Crippen LogP contribution >= 0.6 is 23.2 Å². The van der Waals surface area contributed by atoms with Gasteiger partial charge in [0, 0.05) is 167 Å². The number of aromatic carboxylic acids is 4. The summed E-state index contributed by atoms with van der Waals surface area (Å²) in [5.41, 5.74) is 7.42. The number of carboxylic acid groups (broad SMARTS) is 4. The quantitative estimate of drug-likeness (QED) is 0.0263. The second kappa shape index (κ2) is 43.6. The summed E-state index contributed by atoms with van der Waals surface area (Å²) in [5, 5.41) is 92.2. The average Bonchev–Trinajstić information content (AvgIpc) is 1.62. The van der Waals surface area contributed by atoms with E-state index in [0.717, 1.165) is 162 Å². The lowest BCUT2D eigenvalue weighted by Gasteiger charge is -2.39. The molecule has 4 unspecified atom stereocenters. The van der Waals surface area contributed by atoms with E-state index in [9.17, 15) is 68.8 Å². The first kappa shape index (κ1) is 103. The van der Waals surface area contributed by atoms with Crippen LogP contribution in [0.2, 0.25) is 10.0 Å². The van der Waals surface area contributed by atoms with Gasteiger partial charge in [0.25, 0.3) is 0 Å². The van der Waals surface area contributed by atoms with Crippen LogP contribution in [0.5, 0.6) is 46.5 Å². The van der Waals surface area contributed by atoms with Crippen LogP contribution in [0.25, 0.3) is 87.0 Å². The number of benzene rings is 9. The smallest absolute Gasteiger partial charge is 0.339 e. The fraction of sp³-hybridized carbons (Fsp3) is 0.322. The number of likely N-dealkylation sites (tertiary alicyclic amines) is 3. The Morgan fingerprint density at radius 2 is 0.752 bits per heavy atom.